The molecule has 1 aromatic carbocycles. The molecule has 0 bridgehead atoms. The van der Waals surface area contributed by atoms with E-state index in [0.717, 1.165) is 53.5 Å². The van der Waals surface area contributed by atoms with Crippen LogP contribution >= 0.6 is 11.3 Å². The van der Waals surface area contributed by atoms with Crippen LogP contribution in [0.15, 0.2) is 24.3 Å². The van der Waals surface area contributed by atoms with Crippen molar-refractivity contribution in [3.63, 3.8) is 0 Å². The first-order valence-electron chi connectivity index (χ1n) is 10.4. The van der Waals surface area contributed by atoms with Crippen molar-refractivity contribution in [1.82, 2.24) is 15.0 Å². The molecular weight excluding hydrogens is 366 g/mol. The number of aromatic nitrogens is 3. The highest BCUT2D eigenvalue weighted by Gasteiger charge is 2.17. The number of para-hydroxylation sites is 1. The summed E-state index contributed by atoms with van der Waals surface area (Å²) >= 11 is 1.70. The number of rotatable bonds is 11. The third-order valence-corrected chi connectivity index (χ3v) is 5.79. The minimum absolute atomic E-state index is 0.705. The summed E-state index contributed by atoms with van der Waals surface area (Å²) in [4.78, 5) is 14.4. The second-order valence-electron chi connectivity index (χ2n) is 7.11. The number of hydrogen-bond donors (Lipinski definition) is 2. The third kappa shape index (κ3) is 5.19. The summed E-state index contributed by atoms with van der Waals surface area (Å²) in [6.07, 6.45) is 7.13. The highest BCUT2D eigenvalue weighted by Crippen LogP contribution is 2.36. The topological polar surface area (TPSA) is 62.7 Å². The fourth-order valence-corrected chi connectivity index (χ4v) is 4.24. The largest absolute Gasteiger partial charge is 0.369 e. The summed E-state index contributed by atoms with van der Waals surface area (Å²) in [5.41, 5.74) is 3.02. The van der Waals surface area contributed by atoms with E-state index in [9.17, 15) is 0 Å². The number of aryl methyl sites for hydroxylation is 1. The van der Waals surface area contributed by atoms with E-state index in [-0.39, 0.29) is 0 Å². The van der Waals surface area contributed by atoms with Gasteiger partial charge in [-0.3, -0.25) is 0 Å². The summed E-state index contributed by atoms with van der Waals surface area (Å²) < 4.78 is 1.19. The summed E-state index contributed by atoms with van der Waals surface area (Å²) in [5, 5.41) is 7.92. The van der Waals surface area contributed by atoms with Crippen LogP contribution < -0.4 is 10.6 Å². The Kier molecular flexibility index (Phi) is 7.60. The van der Waals surface area contributed by atoms with Crippen LogP contribution in [0.4, 0.5) is 11.8 Å². The van der Waals surface area contributed by atoms with Crippen molar-refractivity contribution in [2.24, 2.45) is 0 Å². The summed E-state index contributed by atoms with van der Waals surface area (Å²) in [6, 6.07) is 8.26. The van der Waals surface area contributed by atoms with E-state index < -0.39 is 0 Å². The standard InChI is InChI=1S/C22H31N5S/c1-4-6-10-14-23-20-19(21-26-17-12-8-9-13-18(17)28-21)16(3)25-22(27-20)24-15-11-7-5-2/h8-9,12-13H,4-7,10-11,14-15H2,1-3H3,(H2,23,24,25,27). The zero-order valence-electron chi connectivity index (χ0n) is 17.2. The highest BCUT2D eigenvalue weighted by atomic mass is 32.1. The van der Waals surface area contributed by atoms with Crippen molar-refractivity contribution in [3.8, 4) is 10.6 Å². The maximum absolute atomic E-state index is 4.84. The molecule has 0 saturated heterocycles. The summed E-state index contributed by atoms with van der Waals surface area (Å²) in [5.74, 6) is 1.59. The number of hydrogen-bond acceptors (Lipinski definition) is 6. The zero-order valence-corrected chi connectivity index (χ0v) is 18.0. The molecule has 6 heteroatoms. The van der Waals surface area contributed by atoms with Gasteiger partial charge in [-0.25, -0.2) is 9.97 Å². The maximum atomic E-state index is 4.84. The molecule has 0 amide bonds. The van der Waals surface area contributed by atoms with Gasteiger partial charge in [0.25, 0.3) is 0 Å². The molecule has 0 aliphatic heterocycles. The molecule has 2 N–H and O–H groups in total. The lowest BCUT2D eigenvalue weighted by atomic mass is 10.2. The van der Waals surface area contributed by atoms with Crippen LogP contribution in [0.3, 0.4) is 0 Å². The van der Waals surface area contributed by atoms with Crippen LogP contribution in [0.25, 0.3) is 20.8 Å². The van der Waals surface area contributed by atoms with Gasteiger partial charge in [-0.1, -0.05) is 51.7 Å². The molecule has 0 radical (unpaired) electrons. The van der Waals surface area contributed by atoms with Crippen LogP contribution in [-0.4, -0.2) is 28.0 Å². The normalized spacial score (nSPS) is 11.1. The quantitative estimate of drug-likeness (QED) is 0.374. The predicted molar refractivity (Wildman–Crippen MR) is 121 cm³/mol. The number of nitrogens with one attached hydrogen (secondary N) is 2. The zero-order chi connectivity index (χ0) is 19.8. The molecule has 150 valence electrons. The Labute approximate surface area is 172 Å². The SMILES string of the molecule is CCCCCNc1nc(C)c(-c2nc3ccccc3s2)c(NCCCCC)n1. The van der Waals surface area contributed by atoms with Crippen molar-refractivity contribution in [2.75, 3.05) is 23.7 Å². The summed E-state index contributed by atoms with van der Waals surface area (Å²) in [6.45, 7) is 8.31. The number of anilines is 2. The first kappa shape index (κ1) is 20.5. The van der Waals surface area contributed by atoms with E-state index >= 15 is 0 Å². The van der Waals surface area contributed by atoms with Crippen LogP contribution in [-0.2, 0) is 0 Å². The highest BCUT2D eigenvalue weighted by molar-refractivity contribution is 7.21. The Morgan fingerprint density at radius 2 is 1.57 bits per heavy atom. The van der Waals surface area contributed by atoms with Crippen molar-refractivity contribution in [1.29, 1.82) is 0 Å². The first-order chi connectivity index (χ1) is 13.7. The lowest BCUT2D eigenvalue weighted by molar-refractivity contribution is 0.738. The summed E-state index contributed by atoms with van der Waals surface area (Å²) in [7, 11) is 0. The Morgan fingerprint density at radius 1 is 0.857 bits per heavy atom. The number of fused-ring (bicyclic) bond motifs is 1. The molecule has 3 aromatic rings. The molecule has 0 saturated carbocycles. The van der Waals surface area contributed by atoms with Gasteiger partial charge in [-0.05, 0) is 31.9 Å². The number of unbranched alkanes of at least 4 members (excludes halogenated alkanes) is 4. The van der Waals surface area contributed by atoms with Crippen LogP contribution in [0.1, 0.15) is 58.1 Å². The lowest BCUT2D eigenvalue weighted by Gasteiger charge is -2.14. The smallest absolute Gasteiger partial charge is 0.224 e. The Balaban J connectivity index is 1.89. The van der Waals surface area contributed by atoms with Gasteiger partial charge in [0.05, 0.1) is 21.5 Å². The average Bonchev–Trinajstić information content (AvgIpc) is 3.12. The van der Waals surface area contributed by atoms with Gasteiger partial charge in [-0.2, -0.15) is 4.98 Å². The number of nitrogens with zero attached hydrogens (tertiary/aromatic N) is 3. The van der Waals surface area contributed by atoms with E-state index in [4.69, 9.17) is 15.0 Å². The molecular formula is C22H31N5S. The molecule has 3 rings (SSSR count). The van der Waals surface area contributed by atoms with Crippen LogP contribution in [0.2, 0.25) is 0 Å². The van der Waals surface area contributed by atoms with Crippen molar-refractivity contribution in [2.45, 2.75) is 59.3 Å². The van der Waals surface area contributed by atoms with Crippen molar-refractivity contribution in [3.05, 3.63) is 30.0 Å². The van der Waals surface area contributed by atoms with Crippen LogP contribution in [0.5, 0.6) is 0 Å². The lowest BCUT2D eigenvalue weighted by Crippen LogP contribution is -2.11. The second kappa shape index (κ2) is 10.4. The minimum Gasteiger partial charge on any atom is -0.369 e. The van der Waals surface area contributed by atoms with Gasteiger partial charge < -0.3 is 10.6 Å². The molecule has 2 aromatic heterocycles. The molecule has 0 fully saturated rings. The predicted octanol–water partition coefficient (Wildman–Crippen LogP) is 6.27. The molecule has 0 aliphatic carbocycles. The van der Waals surface area contributed by atoms with Gasteiger partial charge >= 0.3 is 0 Å². The molecule has 0 spiro atoms. The van der Waals surface area contributed by atoms with Crippen molar-refractivity contribution < 1.29 is 0 Å². The van der Waals surface area contributed by atoms with E-state index in [1.165, 1.54) is 30.4 Å². The van der Waals surface area contributed by atoms with Gasteiger partial charge in [0, 0.05) is 13.1 Å². The molecule has 0 aliphatic rings. The minimum atomic E-state index is 0.705. The second-order valence-corrected chi connectivity index (χ2v) is 8.14. The molecule has 0 unspecified atom stereocenters. The number of thiazole rings is 1. The Morgan fingerprint density at radius 3 is 2.29 bits per heavy atom. The number of benzene rings is 1. The van der Waals surface area contributed by atoms with E-state index in [1.807, 2.05) is 6.07 Å². The van der Waals surface area contributed by atoms with E-state index in [2.05, 4.69) is 49.6 Å². The fraction of sp³-hybridized carbons (Fsp3) is 0.500. The first-order valence-corrected chi connectivity index (χ1v) is 11.3. The Hall–Kier alpha value is -2.21. The van der Waals surface area contributed by atoms with Crippen LogP contribution in [0, 0.1) is 6.92 Å². The monoisotopic (exact) mass is 397 g/mol. The van der Waals surface area contributed by atoms with E-state index in [0.29, 0.717) is 5.95 Å². The molecule has 5 nitrogen and oxygen atoms in total. The molecule has 2 heterocycles. The molecule has 28 heavy (non-hydrogen) atoms. The third-order valence-electron chi connectivity index (χ3n) is 4.73. The van der Waals surface area contributed by atoms with Gasteiger partial charge in [0.1, 0.15) is 10.8 Å². The average molecular weight is 398 g/mol. The van der Waals surface area contributed by atoms with Crippen molar-refractivity contribution >= 4 is 33.3 Å². The van der Waals surface area contributed by atoms with E-state index in [1.54, 1.807) is 11.3 Å². The van der Waals surface area contributed by atoms with Gasteiger partial charge in [0.2, 0.25) is 5.95 Å². The fourth-order valence-electron chi connectivity index (χ4n) is 3.17. The van der Waals surface area contributed by atoms with Gasteiger partial charge in [-0.15, -0.1) is 11.3 Å². The molecule has 0 atom stereocenters. The Bertz CT molecular complexity index is 857. The van der Waals surface area contributed by atoms with Gasteiger partial charge in [0.15, 0.2) is 0 Å². The maximum Gasteiger partial charge on any atom is 0.224 e.